The fourth-order valence-corrected chi connectivity index (χ4v) is 4.11. The fourth-order valence-electron chi connectivity index (χ4n) is 4.11. The predicted molar refractivity (Wildman–Crippen MR) is 145 cm³/mol. The van der Waals surface area contributed by atoms with Gasteiger partial charge in [-0.1, -0.05) is 51.1 Å². The Morgan fingerprint density at radius 3 is 2.14 bits per heavy atom. The van der Waals surface area contributed by atoms with Crippen molar-refractivity contribution in [2.45, 2.75) is 79.5 Å². The Hall–Kier alpha value is -3.55. The van der Waals surface area contributed by atoms with Crippen LogP contribution in [0.4, 0.5) is 10.5 Å². The number of aromatic hydroxyl groups is 1. The largest absolute Gasteiger partial charge is 0.508 e. The second kappa shape index (κ2) is 12.6. The number of anilines is 1. The number of aryl methyl sites for hydroxylation is 2. The number of rotatable bonds is 9. The maximum Gasteiger partial charge on any atom is 0.408 e. The lowest BCUT2D eigenvalue weighted by molar-refractivity contribution is -0.141. The van der Waals surface area contributed by atoms with E-state index in [0.717, 1.165) is 11.1 Å². The first-order valence-corrected chi connectivity index (χ1v) is 12.7. The van der Waals surface area contributed by atoms with Crippen LogP contribution in [0.3, 0.4) is 0 Å². The van der Waals surface area contributed by atoms with Gasteiger partial charge in [0, 0.05) is 12.2 Å². The molecule has 0 fully saturated rings. The minimum absolute atomic E-state index is 0.0152. The molecule has 2 aromatic carbocycles. The summed E-state index contributed by atoms with van der Waals surface area (Å²) in [5.74, 6) is -1.11. The molecule has 8 nitrogen and oxygen atoms in total. The van der Waals surface area contributed by atoms with Gasteiger partial charge in [0.2, 0.25) is 5.91 Å². The highest BCUT2D eigenvalue weighted by Crippen LogP contribution is 2.29. The Labute approximate surface area is 220 Å². The Balaban J connectivity index is 2.53. The third-order valence-electron chi connectivity index (χ3n) is 5.83. The Morgan fingerprint density at radius 1 is 1.03 bits per heavy atom. The van der Waals surface area contributed by atoms with Crippen molar-refractivity contribution in [3.63, 3.8) is 0 Å². The number of hydrogen-bond donors (Lipinski definition) is 3. The summed E-state index contributed by atoms with van der Waals surface area (Å²) in [5, 5.41) is 15.9. The average Bonchev–Trinajstić information content (AvgIpc) is 2.78. The molecule has 0 aliphatic rings. The molecule has 8 heteroatoms. The van der Waals surface area contributed by atoms with Crippen LogP contribution in [0.25, 0.3) is 0 Å². The molecule has 0 aliphatic heterocycles. The van der Waals surface area contributed by atoms with Gasteiger partial charge in [0.25, 0.3) is 5.91 Å². The van der Waals surface area contributed by atoms with Gasteiger partial charge in [-0.05, 0) is 75.8 Å². The summed E-state index contributed by atoms with van der Waals surface area (Å²) in [4.78, 5) is 41.9. The third-order valence-corrected chi connectivity index (χ3v) is 5.83. The molecule has 0 aliphatic carbocycles. The van der Waals surface area contributed by atoms with Crippen molar-refractivity contribution in [1.29, 1.82) is 0 Å². The molecule has 0 spiro atoms. The zero-order chi connectivity index (χ0) is 27.9. The number of amides is 3. The van der Waals surface area contributed by atoms with E-state index in [1.54, 1.807) is 32.9 Å². The summed E-state index contributed by atoms with van der Waals surface area (Å²) in [6.07, 6.45) is -0.125. The number of carbonyl (C=O) groups is 3. The Bertz CT molecular complexity index is 1090. The van der Waals surface area contributed by atoms with Crippen molar-refractivity contribution in [1.82, 2.24) is 10.2 Å². The van der Waals surface area contributed by atoms with Crippen molar-refractivity contribution < 1.29 is 24.2 Å². The van der Waals surface area contributed by atoms with Gasteiger partial charge in [0.05, 0.1) is 0 Å². The lowest BCUT2D eigenvalue weighted by Crippen LogP contribution is -2.54. The van der Waals surface area contributed by atoms with E-state index in [1.165, 1.54) is 17.0 Å². The van der Waals surface area contributed by atoms with E-state index in [2.05, 4.69) is 10.6 Å². The van der Waals surface area contributed by atoms with Crippen LogP contribution in [-0.4, -0.2) is 46.1 Å². The SMILES string of the molecule is CCCN(C(=O)C(NC(=O)OC(C)(C)C)C(C)C)C(C(=O)Nc1c(C)cccc1C)c1cccc(O)c1. The molecule has 0 aromatic heterocycles. The van der Waals surface area contributed by atoms with Crippen LogP contribution in [0.1, 0.15) is 70.7 Å². The number of hydrogen-bond acceptors (Lipinski definition) is 5. The van der Waals surface area contributed by atoms with Crippen molar-refractivity contribution in [2.75, 3.05) is 11.9 Å². The first-order chi connectivity index (χ1) is 17.2. The van der Waals surface area contributed by atoms with Crippen molar-refractivity contribution in [3.8, 4) is 5.75 Å². The van der Waals surface area contributed by atoms with Crippen molar-refractivity contribution in [2.24, 2.45) is 5.92 Å². The van der Waals surface area contributed by atoms with E-state index >= 15 is 0 Å². The highest BCUT2D eigenvalue weighted by atomic mass is 16.6. The second-order valence-corrected chi connectivity index (χ2v) is 10.7. The van der Waals surface area contributed by atoms with E-state index < -0.39 is 35.6 Å². The first kappa shape index (κ1) is 29.7. The smallest absolute Gasteiger partial charge is 0.408 e. The van der Waals surface area contributed by atoms with E-state index in [4.69, 9.17) is 4.74 Å². The number of phenols is 1. The van der Waals surface area contributed by atoms with Gasteiger partial charge in [0.1, 0.15) is 23.4 Å². The van der Waals surface area contributed by atoms with Crippen LogP contribution in [0.5, 0.6) is 5.75 Å². The predicted octanol–water partition coefficient (Wildman–Crippen LogP) is 5.48. The summed E-state index contributed by atoms with van der Waals surface area (Å²) in [5.41, 5.74) is 2.19. The number of ether oxygens (including phenoxy) is 1. The van der Waals surface area contributed by atoms with Crippen LogP contribution >= 0.6 is 0 Å². The lowest BCUT2D eigenvalue weighted by atomic mass is 9.98. The van der Waals surface area contributed by atoms with Gasteiger partial charge in [-0.15, -0.1) is 0 Å². The fraction of sp³-hybridized carbons (Fsp3) is 0.483. The quantitative estimate of drug-likeness (QED) is 0.413. The number of para-hydroxylation sites is 1. The molecule has 0 bridgehead atoms. The van der Waals surface area contributed by atoms with Crippen LogP contribution < -0.4 is 10.6 Å². The van der Waals surface area contributed by atoms with Crippen LogP contribution in [-0.2, 0) is 14.3 Å². The van der Waals surface area contributed by atoms with E-state index in [1.807, 2.05) is 52.8 Å². The number of alkyl carbamates (subject to hydrolysis) is 1. The van der Waals surface area contributed by atoms with Gasteiger partial charge >= 0.3 is 6.09 Å². The second-order valence-electron chi connectivity index (χ2n) is 10.7. The average molecular weight is 512 g/mol. The van der Waals surface area contributed by atoms with E-state index in [9.17, 15) is 19.5 Å². The molecule has 0 saturated carbocycles. The summed E-state index contributed by atoms with van der Waals surface area (Å²) >= 11 is 0. The molecule has 0 saturated heterocycles. The molecule has 2 aromatic rings. The molecular weight excluding hydrogens is 470 g/mol. The van der Waals surface area contributed by atoms with Gasteiger partial charge in [0.15, 0.2) is 0 Å². The van der Waals surface area contributed by atoms with Gasteiger partial charge < -0.3 is 25.4 Å². The minimum atomic E-state index is -1.04. The van der Waals surface area contributed by atoms with E-state index in [-0.39, 0.29) is 18.2 Å². The first-order valence-electron chi connectivity index (χ1n) is 12.7. The molecule has 2 atom stereocenters. The highest BCUT2D eigenvalue weighted by Gasteiger charge is 2.37. The lowest BCUT2D eigenvalue weighted by Gasteiger charge is -2.35. The number of nitrogens with zero attached hydrogens (tertiary/aromatic N) is 1. The standard InChI is InChI=1S/C29H41N3O5/c1-9-16-32(27(35)23(18(2)3)31-28(36)37-29(6,7)8)25(21-14-11-15-22(33)17-21)26(34)30-24-19(4)12-10-13-20(24)5/h10-15,17-18,23,25,33H,9,16H2,1-8H3,(H,30,34)(H,31,36). The monoisotopic (exact) mass is 511 g/mol. The van der Waals surface area contributed by atoms with Crippen LogP contribution in [0.2, 0.25) is 0 Å². The molecular formula is C29H41N3O5. The molecule has 3 N–H and O–H groups in total. The van der Waals surface area contributed by atoms with Gasteiger partial charge in [-0.3, -0.25) is 9.59 Å². The number of benzene rings is 2. The van der Waals surface area contributed by atoms with E-state index in [0.29, 0.717) is 17.7 Å². The molecule has 0 heterocycles. The van der Waals surface area contributed by atoms with Crippen molar-refractivity contribution >= 4 is 23.6 Å². The minimum Gasteiger partial charge on any atom is -0.508 e. The maximum atomic E-state index is 14.0. The Kier molecular flexibility index (Phi) is 10.1. The molecule has 3 amide bonds. The summed E-state index contributed by atoms with van der Waals surface area (Å²) in [7, 11) is 0. The normalized spacial score (nSPS) is 13.0. The zero-order valence-corrected chi connectivity index (χ0v) is 23.2. The van der Waals surface area contributed by atoms with Gasteiger partial charge in [-0.2, -0.15) is 0 Å². The van der Waals surface area contributed by atoms with Crippen LogP contribution in [0.15, 0.2) is 42.5 Å². The Morgan fingerprint density at radius 2 is 1.62 bits per heavy atom. The number of nitrogens with one attached hydrogen (secondary N) is 2. The molecule has 2 unspecified atom stereocenters. The third kappa shape index (κ3) is 8.23. The van der Waals surface area contributed by atoms with Gasteiger partial charge in [-0.25, -0.2) is 4.79 Å². The van der Waals surface area contributed by atoms with Crippen molar-refractivity contribution in [3.05, 3.63) is 59.2 Å². The number of phenolic OH excluding ortho intramolecular Hbond substituents is 1. The zero-order valence-electron chi connectivity index (χ0n) is 23.2. The summed E-state index contributed by atoms with van der Waals surface area (Å²) in [6.45, 7) is 14.9. The maximum absolute atomic E-state index is 14.0. The topological polar surface area (TPSA) is 108 Å². The summed E-state index contributed by atoms with van der Waals surface area (Å²) in [6, 6.07) is 10.1. The summed E-state index contributed by atoms with van der Waals surface area (Å²) < 4.78 is 5.39. The highest BCUT2D eigenvalue weighted by molar-refractivity contribution is 6.00. The molecule has 0 radical (unpaired) electrons. The number of carbonyl (C=O) groups excluding carboxylic acids is 3. The molecule has 202 valence electrons. The van der Waals surface area contributed by atoms with Crippen LogP contribution in [0, 0.1) is 19.8 Å². The molecule has 37 heavy (non-hydrogen) atoms. The molecule has 2 rings (SSSR count).